The van der Waals surface area contributed by atoms with Crippen molar-refractivity contribution in [2.45, 2.75) is 45.8 Å². The van der Waals surface area contributed by atoms with E-state index >= 15 is 0 Å². The molecule has 0 aliphatic rings. The summed E-state index contributed by atoms with van der Waals surface area (Å²) in [5.41, 5.74) is 0.939. The summed E-state index contributed by atoms with van der Waals surface area (Å²) < 4.78 is 0. The minimum atomic E-state index is -1.50. The van der Waals surface area contributed by atoms with Crippen LogP contribution in [0.4, 0.5) is 0 Å². The molecule has 0 aromatic carbocycles. The van der Waals surface area contributed by atoms with E-state index in [0.29, 0.717) is 12.8 Å². The summed E-state index contributed by atoms with van der Waals surface area (Å²) in [6.45, 7) is 11.7. The normalized spacial score (nSPS) is 9.93. The molecule has 0 rings (SSSR count). The molecule has 0 saturated heterocycles. The molecule has 0 fully saturated rings. The first kappa shape index (κ1) is 16.5. The minimum absolute atomic E-state index is 0.257. The Morgan fingerprint density at radius 2 is 1.80 bits per heavy atom. The Bertz CT molecular complexity index is 205. The van der Waals surface area contributed by atoms with Crippen LogP contribution < -0.4 is 0 Å². The van der Waals surface area contributed by atoms with Crippen molar-refractivity contribution in [2.24, 2.45) is 0 Å². The molecule has 2 N–H and O–H groups in total. The fraction of sp³-hybridized carbons (Fsp3) is 0.583. The molecular formula is C12H22O3. The summed E-state index contributed by atoms with van der Waals surface area (Å²) >= 11 is 0. The highest BCUT2D eigenvalue weighted by Gasteiger charge is 2.00. The third kappa shape index (κ3) is 32.0. The van der Waals surface area contributed by atoms with Crippen LogP contribution >= 0.6 is 0 Å². The Balaban J connectivity index is 0. The lowest BCUT2D eigenvalue weighted by Gasteiger charge is -2.03. The largest absolute Gasteiger partial charge is 0.366 e. The van der Waals surface area contributed by atoms with E-state index in [9.17, 15) is 4.79 Å². The smallest absolute Gasteiger partial charge is 0.156 e. The van der Waals surface area contributed by atoms with Gasteiger partial charge < -0.3 is 10.2 Å². The average molecular weight is 214 g/mol. The summed E-state index contributed by atoms with van der Waals surface area (Å²) in [4.78, 5) is 10.9. The van der Waals surface area contributed by atoms with Gasteiger partial charge in [-0.25, -0.2) is 0 Å². The van der Waals surface area contributed by atoms with E-state index in [0.717, 1.165) is 12.0 Å². The molecule has 0 aromatic heterocycles. The first-order valence-electron chi connectivity index (χ1n) is 4.88. The lowest BCUT2D eigenvalue weighted by Crippen LogP contribution is -2.15. The second kappa shape index (κ2) is 8.38. The topological polar surface area (TPSA) is 57.5 Å². The van der Waals surface area contributed by atoms with Gasteiger partial charge in [0.1, 0.15) is 5.78 Å². The van der Waals surface area contributed by atoms with E-state index in [-0.39, 0.29) is 5.78 Å². The van der Waals surface area contributed by atoms with Crippen molar-refractivity contribution in [2.75, 3.05) is 0 Å². The molecular weight excluding hydrogens is 192 g/mol. The quantitative estimate of drug-likeness (QED) is 0.545. The summed E-state index contributed by atoms with van der Waals surface area (Å²) in [7, 11) is 0. The maximum atomic E-state index is 10.9. The molecule has 3 heteroatoms. The Morgan fingerprint density at radius 3 is 2.07 bits per heavy atom. The van der Waals surface area contributed by atoms with Gasteiger partial charge in [0, 0.05) is 12.8 Å². The number of hydrogen-bond donors (Lipinski definition) is 2. The maximum Gasteiger partial charge on any atom is 0.156 e. The highest BCUT2D eigenvalue weighted by molar-refractivity contribution is 5.80. The lowest BCUT2D eigenvalue weighted by molar-refractivity contribution is -0.127. The zero-order chi connectivity index (χ0) is 12.5. The first-order valence-corrected chi connectivity index (χ1v) is 4.88. The van der Waals surface area contributed by atoms with Crippen molar-refractivity contribution in [1.82, 2.24) is 0 Å². The van der Waals surface area contributed by atoms with Crippen LogP contribution in [0.15, 0.2) is 24.8 Å². The van der Waals surface area contributed by atoms with E-state index in [1.54, 1.807) is 6.08 Å². The number of ketones is 1. The predicted molar refractivity (Wildman–Crippen MR) is 62.4 cm³/mol. The van der Waals surface area contributed by atoms with E-state index in [1.165, 1.54) is 13.8 Å². The van der Waals surface area contributed by atoms with Crippen LogP contribution in [-0.4, -0.2) is 21.8 Å². The van der Waals surface area contributed by atoms with Crippen molar-refractivity contribution in [1.29, 1.82) is 0 Å². The second-order valence-corrected chi connectivity index (χ2v) is 3.99. The summed E-state index contributed by atoms with van der Waals surface area (Å²) in [6, 6.07) is 0. The number of allylic oxidation sites excluding steroid dienone is 2. The Morgan fingerprint density at radius 1 is 1.40 bits per heavy atom. The molecule has 0 bridgehead atoms. The van der Waals surface area contributed by atoms with Gasteiger partial charge in [0.05, 0.1) is 0 Å². The lowest BCUT2D eigenvalue weighted by atomic mass is 10.1. The number of carbonyl (C=O) groups excluding carboxylic acids is 1. The van der Waals surface area contributed by atoms with Crippen LogP contribution in [-0.2, 0) is 4.79 Å². The monoisotopic (exact) mass is 214 g/mol. The highest BCUT2D eigenvalue weighted by atomic mass is 16.5. The van der Waals surface area contributed by atoms with Gasteiger partial charge in [0.15, 0.2) is 5.79 Å². The van der Waals surface area contributed by atoms with E-state index in [4.69, 9.17) is 10.2 Å². The van der Waals surface area contributed by atoms with Crippen LogP contribution in [0, 0.1) is 0 Å². The van der Waals surface area contributed by atoms with Gasteiger partial charge in [-0.3, -0.25) is 4.79 Å². The molecule has 88 valence electrons. The molecule has 0 saturated carbocycles. The maximum absolute atomic E-state index is 10.9. The number of hydrogen-bond acceptors (Lipinski definition) is 3. The molecule has 0 aliphatic heterocycles. The van der Waals surface area contributed by atoms with Crippen LogP contribution in [0.3, 0.4) is 0 Å². The SMILES string of the molecule is C=CCCC(=O)CC(=C)C.CC(C)(O)O. The summed E-state index contributed by atoms with van der Waals surface area (Å²) in [5.74, 6) is -1.24. The van der Waals surface area contributed by atoms with Crippen LogP contribution in [0.1, 0.15) is 40.0 Å². The van der Waals surface area contributed by atoms with E-state index in [2.05, 4.69) is 13.2 Å². The minimum Gasteiger partial charge on any atom is -0.366 e. The van der Waals surface area contributed by atoms with Crippen LogP contribution in [0.25, 0.3) is 0 Å². The van der Waals surface area contributed by atoms with Gasteiger partial charge in [0.25, 0.3) is 0 Å². The van der Waals surface area contributed by atoms with Gasteiger partial charge >= 0.3 is 0 Å². The molecule has 0 unspecified atom stereocenters. The summed E-state index contributed by atoms with van der Waals surface area (Å²) in [5, 5.41) is 16.2. The third-order valence-electron chi connectivity index (χ3n) is 1.13. The van der Waals surface area contributed by atoms with Gasteiger partial charge in [-0.2, -0.15) is 0 Å². The zero-order valence-corrected chi connectivity index (χ0v) is 9.92. The Hall–Kier alpha value is -0.930. The van der Waals surface area contributed by atoms with Crippen molar-refractivity contribution < 1.29 is 15.0 Å². The van der Waals surface area contributed by atoms with Gasteiger partial charge in [0.2, 0.25) is 0 Å². The first-order chi connectivity index (χ1) is 6.66. The fourth-order valence-electron chi connectivity index (χ4n) is 0.688. The Labute approximate surface area is 92.1 Å². The molecule has 0 heterocycles. The molecule has 0 aliphatic carbocycles. The fourth-order valence-corrected chi connectivity index (χ4v) is 0.688. The van der Waals surface area contributed by atoms with Gasteiger partial charge in [-0.05, 0) is 27.2 Å². The van der Waals surface area contributed by atoms with Gasteiger partial charge in [-0.15, -0.1) is 6.58 Å². The van der Waals surface area contributed by atoms with Crippen molar-refractivity contribution in [3.63, 3.8) is 0 Å². The number of rotatable bonds is 5. The number of aliphatic hydroxyl groups is 2. The van der Waals surface area contributed by atoms with E-state index < -0.39 is 5.79 Å². The molecule has 3 nitrogen and oxygen atoms in total. The Kier molecular flexibility index (Phi) is 9.22. The third-order valence-corrected chi connectivity index (χ3v) is 1.13. The van der Waals surface area contributed by atoms with E-state index in [1.807, 2.05) is 6.92 Å². The van der Waals surface area contributed by atoms with Crippen molar-refractivity contribution in [3.05, 3.63) is 24.8 Å². The molecule has 0 amide bonds. The highest BCUT2D eigenvalue weighted by Crippen LogP contribution is 2.01. The van der Waals surface area contributed by atoms with Crippen molar-refractivity contribution >= 4 is 5.78 Å². The van der Waals surface area contributed by atoms with Gasteiger partial charge in [-0.1, -0.05) is 18.2 Å². The molecule has 0 aromatic rings. The summed E-state index contributed by atoms with van der Waals surface area (Å²) in [6.07, 6.45) is 3.67. The number of Topliss-reactive ketones (excluding diaryl/α,β-unsaturated/α-hetero) is 1. The molecule has 15 heavy (non-hydrogen) atoms. The van der Waals surface area contributed by atoms with Crippen LogP contribution in [0.2, 0.25) is 0 Å². The molecule has 0 atom stereocenters. The van der Waals surface area contributed by atoms with Crippen LogP contribution in [0.5, 0.6) is 0 Å². The molecule has 0 radical (unpaired) electrons. The standard InChI is InChI=1S/C9H14O.C3H8O2/c1-4-5-6-9(10)7-8(2)3;1-3(2,4)5/h4H,1-2,5-7H2,3H3;4-5H,1-2H3. The molecule has 0 spiro atoms. The predicted octanol–water partition coefficient (Wildman–Crippen LogP) is 2.20. The number of carbonyl (C=O) groups is 1. The van der Waals surface area contributed by atoms with Crippen molar-refractivity contribution in [3.8, 4) is 0 Å². The average Bonchev–Trinajstić information content (AvgIpc) is 1.96. The zero-order valence-electron chi connectivity index (χ0n) is 9.92. The second-order valence-electron chi connectivity index (χ2n) is 3.99.